The van der Waals surface area contributed by atoms with Crippen molar-refractivity contribution in [2.45, 2.75) is 59.0 Å². The molecule has 3 heteroatoms. The van der Waals surface area contributed by atoms with Crippen molar-refractivity contribution < 1.29 is 14.6 Å². The van der Waals surface area contributed by atoms with Crippen LogP contribution in [0.2, 0.25) is 0 Å². The summed E-state index contributed by atoms with van der Waals surface area (Å²) in [5.41, 5.74) is 0. The van der Waals surface area contributed by atoms with E-state index >= 15 is 0 Å². The molecule has 0 amide bonds. The Morgan fingerprint density at radius 2 is 2.12 bits per heavy atom. The Hall–Kier alpha value is -0.570. The van der Waals surface area contributed by atoms with Gasteiger partial charge in [0.15, 0.2) is 0 Å². The summed E-state index contributed by atoms with van der Waals surface area (Å²) in [4.78, 5) is 11.2. The minimum Gasteiger partial charge on any atom is -0.481 e. The maximum Gasteiger partial charge on any atom is 0.306 e. The van der Waals surface area contributed by atoms with Crippen LogP contribution in [0.25, 0.3) is 0 Å². The molecule has 0 aromatic rings. The molecule has 3 atom stereocenters. The third-order valence-electron chi connectivity index (χ3n) is 3.75. The molecule has 1 N–H and O–H groups in total. The maximum atomic E-state index is 11.2. The van der Waals surface area contributed by atoms with E-state index in [1.807, 2.05) is 13.8 Å². The van der Waals surface area contributed by atoms with E-state index < -0.39 is 5.97 Å². The number of carboxylic acids is 1. The highest BCUT2D eigenvalue weighted by Gasteiger charge is 2.34. The second-order valence-corrected chi connectivity index (χ2v) is 5.55. The van der Waals surface area contributed by atoms with Crippen molar-refractivity contribution >= 4 is 5.97 Å². The van der Waals surface area contributed by atoms with Gasteiger partial charge in [-0.3, -0.25) is 4.79 Å². The molecule has 0 radical (unpaired) electrons. The highest BCUT2D eigenvalue weighted by Crippen LogP contribution is 2.36. The largest absolute Gasteiger partial charge is 0.481 e. The van der Waals surface area contributed by atoms with Gasteiger partial charge in [-0.05, 0) is 44.9 Å². The van der Waals surface area contributed by atoms with Crippen LogP contribution in [-0.4, -0.2) is 23.8 Å². The summed E-state index contributed by atoms with van der Waals surface area (Å²) in [5.74, 6) is 0.0794. The van der Waals surface area contributed by atoms with Crippen LogP contribution in [0.5, 0.6) is 0 Å². The molecule has 0 spiro atoms. The van der Waals surface area contributed by atoms with Crippen molar-refractivity contribution in [2.24, 2.45) is 17.8 Å². The normalized spacial score (nSPS) is 29.5. The highest BCUT2D eigenvalue weighted by molar-refractivity contribution is 5.70. The fraction of sp³-hybridized carbons (Fsp3) is 0.929. The van der Waals surface area contributed by atoms with E-state index in [2.05, 4.69) is 6.92 Å². The number of hydrogen-bond donors (Lipinski definition) is 1. The maximum absolute atomic E-state index is 11.2. The van der Waals surface area contributed by atoms with Gasteiger partial charge in [0, 0.05) is 0 Å². The standard InChI is InChI=1S/C14H26O3/c1-4-5-11-6-7-13(14(15)16)12(8-11)9-17-10(2)3/h10-13H,4-9H2,1-3H3,(H,15,16). The average Bonchev–Trinajstić information content (AvgIpc) is 2.26. The van der Waals surface area contributed by atoms with Crippen LogP contribution in [0.15, 0.2) is 0 Å². The Morgan fingerprint density at radius 3 is 2.65 bits per heavy atom. The Labute approximate surface area is 105 Å². The van der Waals surface area contributed by atoms with Gasteiger partial charge in [-0.25, -0.2) is 0 Å². The Kier molecular flexibility index (Phi) is 5.96. The molecule has 0 heterocycles. The predicted octanol–water partition coefficient (Wildman–Crippen LogP) is 3.33. The average molecular weight is 242 g/mol. The first-order chi connectivity index (χ1) is 8.04. The number of hydrogen-bond acceptors (Lipinski definition) is 2. The summed E-state index contributed by atoms with van der Waals surface area (Å²) in [6.07, 6.45) is 5.54. The summed E-state index contributed by atoms with van der Waals surface area (Å²) in [6, 6.07) is 0. The van der Waals surface area contributed by atoms with E-state index in [0.29, 0.717) is 12.5 Å². The molecule has 0 saturated heterocycles. The van der Waals surface area contributed by atoms with E-state index in [-0.39, 0.29) is 17.9 Å². The summed E-state index contributed by atoms with van der Waals surface area (Å²) >= 11 is 0. The van der Waals surface area contributed by atoms with Gasteiger partial charge < -0.3 is 9.84 Å². The molecular formula is C14H26O3. The van der Waals surface area contributed by atoms with Crippen LogP contribution in [0, 0.1) is 17.8 Å². The fourth-order valence-corrected chi connectivity index (χ4v) is 2.86. The zero-order chi connectivity index (χ0) is 12.8. The molecule has 17 heavy (non-hydrogen) atoms. The summed E-state index contributed by atoms with van der Waals surface area (Å²) < 4.78 is 5.62. The second-order valence-electron chi connectivity index (χ2n) is 5.55. The number of carboxylic acid groups (broad SMARTS) is 1. The van der Waals surface area contributed by atoms with Crippen molar-refractivity contribution in [3.8, 4) is 0 Å². The van der Waals surface area contributed by atoms with Gasteiger partial charge in [0.25, 0.3) is 0 Å². The first kappa shape index (κ1) is 14.5. The Balaban J connectivity index is 2.53. The van der Waals surface area contributed by atoms with Crippen LogP contribution in [0.3, 0.4) is 0 Å². The second kappa shape index (κ2) is 7.00. The van der Waals surface area contributed by atoms with Gasteiger partial charge in [0.2, 0.25) is 0 Å². The molecular weight excluding hydrogens is 216 g/mol. The van der Waals surface area contributed by atoms with Crippen molar-refractivity contribution in [3.05, 3.63) is 0 Å². The molecule has 3 unspecified atom stereocenters. The molecule has 0 aromatic heterocycles. The van der Waals surface area contributed by atoms with Crippen molar-refractivity contribution in [1.29, 1.82) is 0 Å². The third-order valence-corrected chi connectivity index (χ3v) is 3.75. The lowest BCUT2D eigenvalue weighted by Gasteiger charge is -2.34. The van der Waals surface area contributed by atoms with Gasteiger partial charge >= 0.3 is 5.97 Å². The van der Waals surface area contributed by atoms with Crippen LogP contribution in [-0.2, 0) is 9.53 Å². The zero-order valence-electron chi connectivity index (χ0n) is 11.3. The van der Waals surface area contributed by atoms with Crippen molar-refractivity contribution in [2.75, 3.05) is 6.61 Å². The molecule has 0 aliphatic heterocycles. The molecule has 1 saturated carbocycles. The lowest BCUT2D eigenvalue weighted by Crippen LogP contribution is -2.34. The van der Waals surface area contributed by atoms with Gasteiger partial charge in [-0.1, -0.05) is 19.8 Å². The zero-order valence-corrected chi connectivity index (χ0v) is 11.3. The molecule has 1 rings (SSSR count). The van der Waals surface area contributed by atoms with Gasteiger partial charge in [-0.15, -0.1) is 0 Å². The minimum absolute atomic E-state index is 0.191. The number of carbonyl (C=O) groups is 1. The minimum atomic E-state index is -0.641. The third kappa shape index (κ3) is 4.66. The first-order valence-electron chi connectivity index (χ1n) is 6.89. The Morgan fingerprint density at radius 1 is 1.41 bits per heavy atom. The van der Waals surface area contributed by atoms with E-state index in [4.69, 9.17) is 4.74 Å². The quantitative estimate of drug-likeness (QED) is 0.777. The van der Waals surface area contributed by atoms with Crippen molar-refractivity contribution in [3.63, 3.8) is 0 Å². The summed E-state index contributed by atoms with van der Waals surface area (Å²) in [7, 11) is 0. The highest BCUT2D eigenvalue weighted by atomic mass is 16.5. The monoisotopic (exact) mass is 242 g/mol. The number of rotatable bonds is 6. The van der Waals surface area contributed by atoms with Crippen LogP contribution in [0.1, 0.15) is 52.9 Å². The van der Waals surface area contributed by atoms with Crippen LogP contribution in [0.4, 0.5) is 0 Å². The molecule has 0 aromatic carbocycles. The van der Waals surface area contributed by atoms with E-state index in [1.165, 1.54) is 12.8 Å². The lowest BCUT2D eigenvalue weighted by atomic mass is 9.73. The summed E-state index contributed by atoms with van der Waals surface area (Å²) in [6.45, 7) is 6.81. The molecule has 1 fully saturated rings. The first-order valence-corrected chi connectivity index (χ1v) is 6.89. The Bertz CT molecular complexity index is 238. The van der Waals surface area contributed by atoms with Crippen LogP contribution < -0.4 is 0 Å². The topological polar surface area (TPSA) is 46.5 Å². The van der Waals surface area contributed by atoms with E-state index in [1.54, 1.807) is 0 Å². The lowest BCUT2D eigenvalue weighted by molar-refractivity contribution is -0.147. The van der Waals surface area contributed by atoms with Gasteiger partial charge in [0.1, 0.15) is 0 Å². The fourth-order valence-electron chi connectivity index (χ4n) is 2.86. The van der Waals surface area contributed by atoms with E-state index in [0.717, 1.165) is 19.3 Å². The molecule has 100 valence electrons. The van der Waals surface area contributed by atoms with E-state index in [9.17, 15) is 9.90 Å². The molecule has 3 nitrogen and oxygen atoms in total. The molecule has 1 aliphatic rings. The smallest absolute Gasteiger partial charge is 0.306 e. The molecule has 1 aliphatic carbocycles. The predicted molar refractivity (Wildman–Crippen MR) is 68.0 cm³/mol. The molecule has 0 bridgehead atoms. The number of aliphatic carboxylic acids is 1. The van der Waals surface area contributed by atoms with Gasteiger partial charge in [-0.2, -0.15) is 0 Å². The number of ether oxygens (including phenoxy) is 1. The summed E-state index contributed by atoms with van der Waals surface area (Å²) in [5, 5.41) is 9.23. The SMILES string of the molecule is CCCC1CCC(C(=O)O)C(COC(C)C)C1. The van der Waals surface area contributed by atoms with Crippen molar-refractivity contribution in [1.82, 2.24) is 0 Å². The van der Waals surface area contributed by atoms with Crippen LogP contribution >= 0.6 is 0 Å². The van der Waals surface area contributed by atoms with Gasteiger partial charge in [0.05, 0.1) is 18.6 Å².